The highest BCUT2D eigenvalue weighted by atomic mass is 16.3. The number of aliphatic hydroxyl groups excluding tert-OH is 1. The van der Waals surface area contributed by atoms with Crippen molar-refractivity contribution in [3.8, 4) is 0 Å². The topological polar surface area (TPSA) is 78.6 Å². The van der Waals surface area contributed by atoms with Crippen LogP contribution in [-0.2, 0) is 4.79 Å². The third-order valence-corrected chi connectivity index (χ3v) is 2.44. The summed E-state index contributed by atoms with van der Waals surface area (Å²) in [5, 5.41) is 8.99. The van der Waals surface area contributed by atoms with Crippen molar-refractivity contribution in [2.45, 2.75) is 32.9 Å². The third kappa shape index (κ3) is 3.25. The predicted octanol–water partition coefficient (Wildman–Crippen LogP) is -0.686. The van der Waals surface area contributed by atoms with Gasteiger partial charge >= 0.3 is 0 Å². The second-order valence-electron chi connectivity index (χ2n) is 3.89. The summed E-state index contributed by atoms with van der Waals surface area (Å²) in [4.78, 5) is 13.3. The summed E-state index contributed by atoms with van der Waals surface area (Å²) >= 11 is 0. The van der Waals surface area contributed by atoms with Crippen molar-refractivity contribution < 1.29 is 9.90 Å². The van der Waals surface area contributed by atoms with Gasteiger partial charge in [-0.15, -0.1) is 0 Å². The van der Waals surface area contributed by atoms with Crippen LogP contribution in [0.3, 0.4) is 0 Å². The molecule has 5 nitrogen and oxygen atoms in total. The van der Waals surface area contributed by atoms with Crippen LogP contribution in [0.5, 0.6) is 0 Å². The van der Waals surface area contributed by atoms with Crippen LogP contribution in [0.2, 0.25) is 0 Å². The number of rotatable bonds is 5. The van der Waals surface area contributed by atoms with Gasteiger partial charge in [-0.2, -0.15) is 0 Å². The average molecular weight is 203 g/mol. The van der Waals surface area contributed by atoms with E-state index in [2.05, 4.69) is 5.43 Å². The van der Waals surface area contributed by atoms with Crippen LogP contribution < -0.4 is 11.3 Å². The maximum atomic E-state index is 11.5. The zero-order valence-corrected chi connectivity index (χ0v) is 9.32. The van der Waals surface area contributed by atoms with E-state index < -0.39 is 0 Å². The lowest BCUT2D eigenvalue weighted by Crippen LogP contribution is -2.53. The van der Waals surface area contributed by atoms with Gasteiger partial charge in [-0.3, -0.25) is 15.1 Å². The normalized spacial score (nSPS) is 15.7. The van der Waals surface area contributed by atoms with Gasteiger partial charge in [0.1, 0.15) is 0 Å². The lowest BCUT2D eigenvalue weighted by atomic mass is 10.0. The van der Waals surface area contributed by atoms with Gasteiger partial charge in [0.25, 0.3) is 5.91 Å². The van der Waals surface area contributed by atoms with E-state index in [1.165, 1.54) is 0 Å². The summed E-state index contributed by atoms with van der Waals surface area (Å²) < 4.78 is 0. The molecule has 0 saturated heterocycles. The van der Waals surface area contributed by atoms with Crippen LogP contribution in [0.4, 0.5) is 0 Å². The van der Waals surface area contributed by atoms with Crippen LogP contribution in [0.25, 0.3) is 0 Å². The minimum absolute atomic E-state index is 0.0254. The lowest BCUT2D eigenvalue weighted by molar-refractivity contribution is -0.128. The van der Waals surface area contributed by atoms with E-state index in [-0.39, 0.29) is 30.5 Å². The Bertz CT molecular complexity index is 185. The molecule has 1 amide bonds. The van der Waals surface area contributed by atoms with Crippen molar-refractivity contribution in [3.63, 3.8) is 0 Å². The van der Waals surface area contributed by atoms with Crippen molar-refractivity contribution in [1.82, 2.24) is 10.3 Å². The summed E-state index contributed by atoms with van der Waals surface area (Å²) in [6.07, 6.45) is 0. The molecule has 0 aromatic heterocycles. The van der Waals surface area contributed by atoms with Crippen molar-refractivity contribution in [3.05, 3.63) is 0 Å². The fraction of sp³-hybridized carbons (Fsp3) is 0.889. The molecule has 0 heterocycles. The Labute approximate surface area is 85.2 Å². The van der Waals surface area contributed by atoms with Crippen LogP contribution in [0.1, 0.15) is 20.8 Å². The monoisotopic (exact) mass is 203 g/mol. The highest BCUT2D eigenvalue weighted by Gasteiger charge is 2.28. The molecule has 84 valence electrons. The molecule has 0 radical (unpaired) electrons. The molecule has 0 rings (SSSR count). The molecular weight excluding hydrogens is 182 g/mol. The summed E-state index contributed by atoms with van der Waals surface area (Å²) in [5.74, 6) is 5.03. The van der Waals surface area contributed by atoms with Gasteiger partial charge in [0.2, 0.25) is 0 Å². The first-order chi connectivity index (χ1) is 6.45. The SMILES string of the molecule is CC(C)C(C(=O)NN)N(C)C(C)CO. The molecule has 0 bridgehead atoms. The quantitative estimate of drug-likeness (QED) is 0.314. The number of carbonyl (C=O) groups is 1. The molecular formula is C9H21N3O2. The molecule has 2 unspecified atom stereocenters. The van der Waals surface area contributed by atoms with E-state index >= 15 is 0 Å². The van der Waals surface area contributed by atoms with Crippen molar-refractivity contribution in [1.29, 1.82) is 0 Å². The number of nitrogens with two attached hydrogens (primary N) is 1. The second kappa shape index (κ2) is 5.95. The van der Waals surface area contributed by atoms with Crippen molar-refractivity contribution >= 4 is 5.91 Å². The van der Waals surface area contributed by atoms with E-state index in [0.717, 1.165) is 0 Å². The second-order valence-corrected chi connectivity index (χ2v) is 3.89. The van der Waals surface area contributed by atoms with Gasteiger partial charge in [0, 0.05) is 6.04 Å². The molecule has 14 heavy (non-hydrogen) atoms. The summed E-state index contributed by atoms with van der Waals surface area (Å²) in [7, 11) is 1.81. The first kappa shape index (κ1) is 13.4. The Kier molecular flexibility index (Phi) is 5.68. The van der Waals surface area contributed by atoms with Crippen molar-refractivity contribution in [2.75, 3.05) is 13.7 Å². The summed E-state index contributed by atoms with van der Waals surface area (Å²) in [6.45, 7) is 5.78. The summed E-state index contributed by atoms with van der Waals surface area (Å²) in [5.41, 5.74) is 2.14. The molecule has 0 saturated carbocycles. The molecule has 0 aliphatic rings. The fourth-order valence-corrected chi connectivity index (χ4v) is 1.45. The van der Waals surface area contributed by atoms with E-state index in [1.807, 2.05) is 25.7 Å². The Morgan fingerprint density at radius 3 is 2.29 bits per heavy atom. The Hall–Kier alpha value is -0.650. The minimum atomic E-state index is -0.304. The van der Waals surface area contributed by atoms with Gasteiger partial charge in [0.15, 0.2) is 0 Å². The van der Waals surface area contributed by atoms with E-state index in [4.69, 9.17) is 10.9 Å². The van der Waals surface area contributed by atoms with E-state index in [9.17, 15) is 4.79 Å². The number of nitrogens with zero attached hydrogens (tertiary/aromatic N) is 1. The highest BCUT2D eigenvalue weighted by molar-refractivity contribution is 5.81. The van der Waals surface area contributed by atoms with Crippen molar-refractivity contribution in [2.24, 2.45) is 11.8 Å². The molecule has 4 N–H and O–H groups in total. The smallest absolute Gasteiger partial charge is 0.251 e. The van der Waals surface area contributed by atoms with Gasteiger partial charge < -0.3 is 5.11 Å². The molecule has 5 heteroatoms. The largest absolute Gasteiger partial charge is 0.395 e. The molecule has 0 spiro atoms. The van der Waals surface area contributed by atoms with Gasteiger partial charge in [-0.1, -0.05) is 13.8 Å². The number of carbonyl (C=O) groups excluding carboxylic acids is 1. The Balaban J connectivity index is 4.56. The summed E-state index contributed by atoms with van der Waals surface area (Å²) in [6, 6.07) is -0.359. The maximum absolute atomic E-state index is 11.5. The van der Waals surface area contributed by atoms with E-state index in [0.29, 0.717) is 0 Å². The number of nitrogens with one attached hydrogen (secondary N) is 1. The average Bonchev–Trinajstić information content (AvgIpc) is 2.15. The van der Waals surface area contributed by atoms with E-state index in [1.54, 1.807) is 7.05 Å². The lowest BCUT2D eigenvalue weighted by Gasteiger charge is -2.33. The van der Waals surface area contributed by atoms with Gasteiger partial charge in [0.05, 0.1) is 12.6 Å². The zero-order chi connectivity index (χ0) is 11.3. The number of hydrogen-bond acceptors (Lipinski definition) is 4. The first-order valence-corrected chi connectivity index (χ1v) is 4.78. The highest BCUT2D eigenvalue weighted by Crippen LogP contribution is 2.11. The van der Waals surface area contributed by atoms with Crippen LogP contribution in [-0.4, -0.2) is 41.7 Å². The number of hydrogen-bond donors (Lipinski definition) is 3. The minimum Gasteiger partial charge on any atom is -0.395 e. The molecule has 2 atom stereocenters. The molecule has 0 aromatic carbocycles. The number of hydrazine groups is 1. The van der Waals surface area contributed by atoms with Crippen LogP contribution >= 0.6 is 0 Å². The third-order valence-electron chi connectivity index (χ3n) is 2.44. The van der Waals surface area contributed by atoms with Gasteiger partial charge in [-0.05, 0) is 19.9 Å². The maximum Gasteiger partial charge on any atom is 0.251 e. The van der Waals surface area contributed by atoms with Crippen LogP contribution in [0, 0.1) is 5.92 Å². The predicted molar refractivity (Wildman–Crippen MR) is 55.3 cm³/mol. The molecule has 0 aromatic rings. The Morgan fingerprint density at radius 1 is 1.50 bits per heavy atom. The zero-order valence-electron chi connectivity index (χ0n) is 9.32. The molecule has 0 fully saturated rings. The van der Waals surface area contributed by atoms with Crippen LogP contribution in [0.15, 0.2) is 0 Å². The number of aliphatic hydroxyl groups is 1. The first-order valence-electron chi connectivity index (χ1n) is 4.78. The number of amides is 1. The Morgan fingerprint density at radius 2 is 2.00 bits per heavy atom. The molecule has 0 aliphatic heterocycles. The number of likely N-dealkylation sites (N-methyl/N-ethyl adjacent to an activating group) is 1. The van der Waals surface area contributed by atoms with Gasteiger partial charge in [-0.25, -0.2) is 5.84 Å². The fourth-order valence-electron chi connectivity index (χ4n) is 1.45. The standard InChI is InChI=1S/C9H21N3O2/c1-6(2)8(9(14)11-10)12(4)7(3)5-13/h6-8,13H,5,10H2,1-4H3,(H,11,14). The molecule has 0 aliphatic carbocycles.